The summed E-state index contributed by atoms with van der Waals surface area (Å²) in [4.78, 5) is 0. The number of ether oxygens (including phenoxy) is 1. The van der Waals surface area contributed by atoms with Gasteiger partial charge >= 0.3 is 0 Å². The Morgan fingerprint density at radius 2 is 2.00 bits per heavy atom. The summed E-state index contributed by atoms with van der Waals surface area (Å²) in [6.45, 7) is 8.18. The predicted molar refractivity (Wildman–Crippen MR) is 86.5 cm³/mol. The molecule has 110 valence electrons. The maximum Gasteiger partial charge on any atom is 0.139 e. The lowest BCUT2D eigenvalue weighted by Crippen LogP contribution is -2.22. The van der Waals surface area contributed by atoms with Gasteiger partial charge in [0.25, 0.3) is 0 Å². The molecule has 0 saturated heterocycles. The summed E-state index contributed by atoms with van der Waals surface area (Å²) < 4.78 is 7.55. The lowest BCUT2D eigenvalue weighted by Gasteiger charge is -2.16. The van der Waals surface area contributed by atoms with E-state index in [1.54, 1.807) is 10.9 Å². The number of aromatic nitrogens is 2. The fourth-order valence-corrected chi connectivity index (χ4v) is 2.75. The molecule has 0 aliphatic rings. The number of hydrogen-bond acceptors (Lipinski definition) is 3. The number of benzene rings is 1. The fraction of sp³-hybridized carbons (Fsp3) is 0.375. The van der Waals surface area contributed by atoms with Crippen molar-refractivity contribution in [2.24, 2.45) is 0 Å². The molecule has 0 aliphatic carbocycles. The van der Waals surface area contributed by atoms with E-state index in [0.29, 0.717) is 12.3 Å². The molecule has 1 aromatic carbocycles. The van der Waals surface area contributed by atoms with Crippen molar-refractivity contribution < 1.29 is 4.74 Å². The summed E-state index contributed by atoms with van der Waals surface area (Å²) in [6, 6.07) is 12.8. The first-order valence-corrected chi connectivity index (χ1v) is 10.8. The summed E-state index contributed by atoms with van der Waals surface area (Å²) in [5, 5.41) is 13.5. The van der Waals surface area contributed by atoms with Crippen LogP contribution in [-0.2, 0) is 11.5 Å². The Balaban J connectivity index is 2.07. The van der Waals surface area contributed by atoms with Crippen molar-refractivity contribution in [1.82, 2.24) is 9.78 Å². The monoisotopic (exact) mass is 299 g/mol. The molecule has 0 fully saturated rings. The first kappa shape index (κ1) is 15.5. The summed E-state index contributed by atoms with van der Waals surface area (Å²) in [5.41, 5.74) is 2.47. The first-order chi connectivity index (χ1) is 10.0. The van der Waals surface area contributed by atoms with Crippen LogP contribution in [0.2, 0.25) is 25.7 Å². The molecule has 0 bridgehead atoms. The molecule has 5 heteroatoms. The van der Waals surface area contributed by atoms with Gasteiger partial charge in [0.2, 0.25) is 0 Å². The van der Waals surface area contributed by atoms with Gasteiger partial charge in [-0.25, -0.2) is 4.68 Å². The molecule has 0 saturated carbocycles. The lowest BCUT2D eigenvalue weighted by molar-refractivity contribution is 0.0798. The van der Waals surface area contributed by atoms with Crippen molar-refractivity contribution in [3.63, 3.8) is 0 Å². The molecule has 1 aromatic heterocycles. The second kappa shape index (κ2) is 6.70. The highest BCUT2D eigenvalue weighted by molar-refractivity contribution is 6.76. The number of hydrogen-bond donors (Lipinski definition) is 0. The molecule has 2 rings (SSSR count). The molecule has 0 radical (unpaired) electrons. The minimum absolute atomic E-state index is 0.423. The van der Waals surface area contributed by atoms with E-state index in [-0.39, 0.29) is 0 Å². The van der Waals surface area contributed by atoms with Crippen LogP contribution in [0, 0.1) is 11.3 Å². The highest BCUT2D eigenvalue weighted by Crippen LogP contribution is 2.22. The van der Waals surface area contributed by atoms with Crippen molar-refractivity contribution in [1.29, 1.82) is 5.26 Å². The van der Waals surface area contributed by atoms with Gasteiger partial charge in [-0.05, 0) is 18.2 Å². The molecule has 0 N–H and O–H groups in total. The van der Waals surface area contributed by atoms with Crippen molar-refractivity contribution >= 4 is 8.07 Å². The van der Waals surface area contributed by atoms with Gasteiger partial charge in [0.15, 0.2) is 0 Å². The number of rotatable bonds is 6. The fourth-order valence-electron chi connectivity index (χ4n) is 2.00. The Bertz CT molecular complexity index is 637. The SMILES string of the molecule is C[Si](C)(C)CCOCn1nccc1-c1ccccc1C#N. The van der Waals surface area contributed by atoms with E-state index in [1.807, 2.05) is 30.3 Å². The Kier molecular flexibility index (Phi) is 4.94. The van der Waals surface area contributed by atoms with Gasteiger partial charge in [-0.2, -0.15) is 10.4 Å². The van der Waals surface area contributed by atoms with E-state index < -0.39 is 8.07 Å². The molecule has 21 heavy (non-hydrogen) atoms. The maximum atomic E-state index is 9.21. The zero-order chi connectivity index (χ0) is 15.3. The Morgan fingerprint density at radius 1 is 1.24 bits per heavy atom. The van der Waals surface area contributed by atoms with Gasteiger partial charge in [0, 0.05) is 26.4 Å². The van der Waals surface area contributed by atoms with Crippen LogP contribution in [0.4, 0.5) is 0 Å². The molecule has 0 unspecified atom stereocenters. The van der Waals surface area contributed by atoms with Gasteiger partial charge in [-0.1, -0.05) is 37.8 Å². The van der Waals surface area contributed by atoms with Crippen LogP contribution in [-0.4, -0.2) is 24.5 Å². The van der Waals surface area contributed by atoms with Gasteiger partial charge < -0.3 is 4.74 Å². The quantitative estimate of drug-likeness (QED) is 0.603. The zero-order valence-corrected chi connectivity index (χ0v) is 13.8. The third-order valence-corrected chi connectivity index (χ3v) is 4.95. The van der Waals surface area contributed by atoms with E-state index in [2.05, 4.69) is 30.8 Å². The minimum Gasteiger partial charge on any atom is -0.360 e. The van der Waals surface area contributed by atoms with Crippen LogP contribution < -0.4 is 0 Å². The van der Waals surface area contributed by atoms with Gasteiger partial charge in [-0.3, -0.25) is 0 Å². The van der Waals surface area contributed by atoms with Crippen LogP contribution in [0.1, 0.15) is 5.56 Å². The summed E-state index contributed by atoms with van der Waals surface area (Å²) in [5.74, 6) is 0. The zero-order valence-electron chi connectivity index (χ0n) is 12.8. The Hall–Kier alpha value is -1.90. The van der Waals surface area contributed by atoms with Crippen molar-refractivity contribution in [3.05, 3.63) is 42.1 Å². The van der Waals surface area contributed by atoms with E-state index in [1.165, 1.54) is 0 Å². The highest BCUT2D eigenvalue weighted by atomic mass is 28.3. The number of nitrogens with zero attached hydrogens (tertiary/aromatic N) is 3. The molecule has 1 heterocycles. The van der Waals surface area contributed by atoms with Crippen LogP contribution in [0.3, 0.4) is 0 Å². The normalized spacial score (nSPS) is 11.3. The Morgan fingerprint density at radius 3 is 2.71 bits per heavy atom. The van der Waals surface area contributed by atoms with Crippen molar-refractivity contribution in [3.8, 4) is 17.3 Å². The van der Waals surface area contributed by atoms with Crippen LogP contribution in [0.25, 0.3) is 11.3 Å². The lowest BCUT2D eigenvalue weighted by atomic mass is 10.1. The standard InChI is InChI=1S/C16H21N3OSi/c1-21(2,3)11-10-20-13-19-16(8-9-18-19)15-7-5-4-6-14(15)12-17/h4-9H,10-11,13H2,1-3H3. The largest absolute Gasteiger partial charge is 0.360 e. The molecule has 0 aliphatic heterocycles. The van der Waals surface area contributed by atoms with Gasteiger partial charge in [0.05, 0.1) is 17.3 Å². The summed E-state index contributed by atoms with van der Waals surface area (Å²) in [6.07, 6.45) is 1.74. The highest BCUT2D eigenvalue weighted by Gasteiger charge is 2.13. The average Bonchev–Trinajstić information content (AvgIpc) is 2.90. The first-order valence-electron chi connectivity index (χ1n) is 7.10. The van der Waals surface area contributed by atoms with E-state index in [9.17, 15) is 5.26 Å². The van der Waals surface area contributed by atoms with Gasteiger partial charge in [-0.15, -0.1) is 0 Å². The van der Waals surface area contributed by atoms with Crippen LogP contribution in [0.5, 0.6) is 0 Å². The molecule has 0 amide bonds. The Labute approximate surface area is 127 Å². The smallest absolute Gasteiger partial charge is 0.139 e. The maximum absolute atomic E-state index is 9.21. The van der Waals surface area contributed by atoms with E-state index in [4.69, 9.17) is 4.74 Å². The second-order valence-electron chi connectivity index (χ2n) is 6.22. The third kappa shape index (κ3) is 4.28. The van der Waals surface area contributed by atoms with Crippen molar-refractivity contribution in [2.45, 2.75) is 32.4 Å². The second-order valence-corrected chi connectivity index (χ2v) is 11.8. The van der Waals surface area contributed by atoms with E-state index >= 15 is 0 Å². The molecule has 0 atom stereocenters. The third-order valence-electron chi connectivity index (χ3n) is 3.25. The molecule has 4 nitrogen and oxygen atoms in total. The molecule has 0 spiro atoms. The number of nitriles is 1. The van der Waals surface area contributed by atoms with Crippen LogP contribution in [0.15, 0.2) is 36.5 Å². The molecular formula is C16H21N3OSi. The average molecular weight is 299 g/mol. The van der Waals surface area contributed by atoms with E-state index in [0.717, 1.165) is 23.9 Å². The summed E-state index contributed by atoms with van der Waals surface area (Å²) in [7, 11) is -1.07. The molecular weight excluding hydrogens is 278 g/mol. The molecule has 2 aromatic rings. The summed E-state index contributed by atoms with van der Waals surface area (Å²) >= 11 is 0. The van der Waals surface area contributed by atoms with Crippen LogP contribution >= 0.6 is 0 Å². The topological polar surface area (TPSA) is 50.8 Å². The van der Waals surface area contributed by atoms with Gasteiger partial charge in [0.1, 0.15) is 6.73 Å². The minimum atomic E-state index is -1.07. The van der Waals surface area contributed by atoms with Crippen molar-refractivity contribution in [2.75, 3.05) is 6.61 Å². The predicted octanol–water partition coefficient (Wildman–Crippen LogP) is 3.73.